The lowest BCUT2D eigenvalue weighted by Gasteiger charge is -2.08. The van der Waals surface area contributed by atoms with Crippen molar-refractivity contribution < 1.29 is 14.1 Å². The highest BCUT2D eigenvalue weighted by Crippen LogP contribution is 2.30. The Morgan fingerprint density at radius 1 is 1.00 bits per heavy atom. The SMILES string of the molecule is O=C(Cc1coc2ccc3ccccc3c12)NCCNc1ccccc1[N+](=O)[O-]. The fraction of sp³-hybridized carbons (Fsp3) is 0.136. The monoisotopic (exact) mass is 389 g/mol. The van der Waals surface area contributed by atoms with E-state index in [0.29, 0.717) is 18.8 Å². The van der Waals surface area contributed by atoms with Crippen molar-refractivity contribution in [3.05, 3.63) is 82.6 Å². The Kier molecular flexibility index (Phi) is 5.11. The van der Waals surface area contributed by atoms with Crippen molar-refractivity contribution in [3.63, 3.8) is 0 Å². The van der Waals surface area contributed by atoms with Gasteiger partial charge in [0.2, 0.25) is 5.91 Å². The highest BCUT2D eigenvalue weighted by molar-refractivity contribution is 6.08. The number of anilines is 1. The molecule has 4 aromatic rings. The van der Waals surface area contributed by atoms with E-state index in [4.69, 9.17) is 4.42 Å². The van der Waals surface area contributed by atoms with Gasteiger partial charge in [-0.1, -0.05) is 42.5 Å². The first-order valence-electron chi connectivity index (χ1n) is 9.25. The Hall–Kier alpha value is -3.87. The molecule has 1 aromatic heterocycles. The number of hydrogen-bond acceptors (Lipinski definition) is 5. The summed E-state index contributed by atoms with van der Waals surface area (Å²) in [5, 5.41) is 20.0. The van der Waals surface area contributed by atoms with Crippen LogP contribution < -0.4 is 10.6 Å². The van der Waals surface area contributed by atoms with Crippen molar-refractivity contribution in [2.24, 2.45) is 0 Å². The molecule has 29 heavy (non-hydrogen) atoms. The number of nitro groups is 1. The van der Waals surface area contributed by atoms with E-state index in [9.17, 15) is 14.9 Å². The Labute approximate surface area is 166 Å². The van der Waals surface area contributed by atoms with E-state index in [1.807, 2.05) is 36.4 Å². The summed E-state index contributed by atoms with van der Waals surface area (Å²) >= 11 is 0. The molecule has 3 aromatic carbocycles. The molecule has 1 heterocycles. The number of hydrogen-bond donors (Lipinski definition) is 2. The number of furan rings is 1. The number of para-hydroxylation sites is 2. The molecular formula is C22H19N3O4. The van der Waals surface area contributed by atoms with Crippen molar-refractivity contribution in [1.82, 2.24) is 5.32 Å². The van der Waals surface area contributed by atoms with Crippen LogP contribution in [-0.2, 0) is 11.2 Å². The first-order chi connectivity index (χ1) is 14.1. The number of benzene rings is 3. The van der Waals surface area contributed by atoms with Crippen LogP contribution in [0.5, 0.6) is 0 Å². The van der Waals surface area contributed by atoms with Gasteiger partial charge in [-0.25, -0.2) is 0 Å². The number of nitro benzene ring substituents is 1. The van der Waals surface area contributed by atoms with Crippen LogP contribution in [0.4, 0.5) is 11.4 Å². The zero-order valence-corrected chi connectivity index (χ0v) is 15.6. The molecule has 1 amide bonds. The minimum Gasteiger partial charge on any atom is -0.464 e. The average molecular weight is 389 g/mol. The maximum absolute atomic E-state index is 12.4. The second kappa shape index (κ2) is 8.02. The Morgan fingerprint density at radius 2 is 1.79 bits per heavy atom. The van der Waals surface area contributed by atoms with Gasteiger partial charge in [0.05, 0.1) is 17.6 Å². The molecule has 0 spiro atoms. The molecule has 0 saturated heterocycles. The molecule has 0 fully saturated rings. The summed E-state index contributed by atoms with van der Waals surface area (Å²) in [4.78, 5) is 23.0. The number of carbonyl (C=O) groups excluding carboxylic acids is 1. The molecule has 0 radical (unpaired) electrons. The van der Waals surface area contributed by atoms with Crippen molar-refractivity contribution in [2.45, 2.75) is 6.42 Å². The summed E-state index contributed by atoms with van der Waals surface area (Å²) in [5.74, 6) is -0.134. The predicted molar refractivity (Wildman–Crippen MR) is 112 cm³/mol. The van der Waals surface area contributed by atoms with Crippen LogP contribution in [0.3, 0.4) is 0 Å². The molecule has 0 aliphatic rings. The van der Waals surface area contributed by atoms with Gasteiger partial charge >= 0.3 is 0 Å². The van der Waals surface area contributed by atoms with Crippen LogP contribution in [-0.4, -0.2) is 23.9 Å². The van der Waals surface area contributed by atoms with E-state index >= 15 is 0 Å². The fourth-order valence-electron chi connectivity index (χ4n) is 3.42. The van der Waals surface area contributed by atoms with Crippen molar-refractivity contribution in [1.29, 1.82) is 0 Å². The number of amides is 1. The van der Waals surface area contributed by atoms with Crippen LogP contribution in [0.2, 0.25) is 0 Å². The van der Waals surface area contributed by atoms with Gasteiger partial charge in [0.15, 0.2) is 0 Å². The number of carbonyl (C=O) groups is 1. The molecule has 7 nitrogen and oxygen atoms in total. The number of nitrogens with one attached hydrogen (secondary N) is 2. The highest BCUT2D eigenvalue weighted by atomic mass is 16.6. The van der Waals surface area contributed by atoms with Gasteiger partial charge in [0.1, 0.15) is 11.3 Å². The summed E-state index contributed by atoms with van der Waals surface area (Å²) < 4.78 is 5.62. The van der Waals surface area contributed by atoms with Crippen LogP contribution >= 0.6 is 0 Å². The highest BCUT2D eigenvalue weighted by Gasteiger charge is 2.14. The van der Waals surface area contributed by atoms with E-state index in [1.54, 1.807) is 24.5 Å². The van der Waals surface area contributed by atoms with Gasteiger partial charge in [-0.15, -0.1) is 0 Å². The van der Waals surface area contributed by atoms with Crippen LogP contribution in [0.15, 0.2) is 71.3 Å². The van der Waals surface area contributed by atoms with Crippen LogP contribution in [0.1, 0.15) is 5.56 Å². The molecule has 7 heteroatoms. The zero-order chi connectivity index (χ0) is 20.2. The lowest BCUT2D eigenvalue weighted by atomic mass is 10.0. The summed E-state index contributed by atoms with van der Waals surface area (Å²) in [6, 6.07) is 18.3. The van der Waals surface area contributed by atoms with E-state index in [0.717, 1.165) is 27.3 Å². The van der Waals surface area contributed by atoms with Crippen LogP contribution in [0.25, 0.3) is 21.7 Å². The second-order valence-corrected chi connectivity index (χ2v) is 6.65. The lowest BCUT2D eigenvalue weighted by molar-refractivity contribution is -0.384. The van der Waals surface area contributed by atoms with Gasteiger partial charge in [-0.05, 0) is 22.9 Å². The zero-order valence-electron chi connectivity index (χ0n) is 15.6. The third-order valence-electron chi connectivity index (χ3n) is 4.75. The Balaban J connectivity index is 1.38. The molecule has 0 unspecified atom stereocenters. The maximum atomic E-state index is 12.4. The molecule has 2 N–H and O–H groups in total. The minimum atomic E-state index is -0.435. The summed E-state index contributed by atoms with van der Waals surface area (Å²) in [5.41, 5.74) is 2.03. The Bertz CT molecular complexity index is 1200. The summed E-state index contributed by atoms with van der Waals surface area (Å²) in [7, 11) is 0. The summed E-state index contributed by atoms with van der Waals surface area (Å²) in [6.07, 6.45) is 1.83. The normalized spacial score (nSPS) is 10.9. The quantitative estimate of drug-likeness (QED) is 0.280. The fourth-order valence-corrected chi connectivity index (χ4v) is 3.42. The summed E-state index contributed by atoms with van der Waals surface area (Å²) in [6.45, 7) is 0.729. The molecule has 0 atom stereocenters. The second-order valence-electron chi connectivity index (χ2n) is 6.65. The molecule has 0 aliphatic carbocycles. The number of nitrogens with zero attached hydrogens (tertiary/aromatic N) is 1. The minimum absolute atomic E-state index is 0.00979. The molecule has 4 rings (SSSR count). The van der Waals surface area contributed by atoms with Gasteiger partial charge < -0.3 is 15.1 Å². The van der Waals surface area contributed by atoms with Crippen molar-refractivity contribution in [3.8, 4) is 0 Å². The predicted octanol–water partition coefficient (Wildman–Crippen LogP) is 4.27. The molecule has 0 saturated carbocycles. The first-order valence-corrected chi connectivity index (χ1v) is 9.25. The van der Waals surface area contributed by atoms with Gasteiger partial charge in [-0.3, -0.25) is 14.9 Å². The topological polar surface area (TPSA) is 97.4 Å². The lowest BCUT2D eigenvalue weighted by Crippen LogP contribution is -2.30. The average Bonchev–Trinajstić information content (AvgIpc) is 3.14. The molecular weight excluding hydrogens is 370 g/mol. The van der Waals surface area contributed by atoms with Gasteiger partial charge in [0, 0.05) is 30.1 Å². The Morgan fingerprint density at radius 3 is 2.66 bits per heavy atom. The molecule has 146 valence electrons. The van der Waals surface area contributed by atoms with Crippen LogP contribution in [0, 0.1) is 10.1 Å². The van der Waals surface area contributed by atoms with E-state index in [-0.39, 0.29) is 18.0 Å². The van der Waals surface area contributed by atoms with E-state index in [2.05, 4.69) is 10.6 Å². The largest absolute Gasteiger partial charge is 0.464 e. The smallest absolute Gasteiger partial charge is 0.292 e. The van der Waals surface area contributed by atoms with Crippen molar-refractivity contribution in [2.75, 3.05) is 18.4 Å². The molecule has 0 bridgehead atoms. The standard InChI is InChI=1S/C22H19N3O4/c26-21(24-12-11-23-18-7-3-4-8-19(18)25(27)28)13-16-14-29-20-10-9-15-5-1-2-6-17(15)22(16)20/h1-10,14,23H,11-13H2,(H,24,26). The maximum Gasteiger partial charge on any atom is 0.292 e. The number of rotatable bonds is 7. The van der Waals surface area contributed by atoms with Gasteiger partial charge in [-0.2, -0.15) is 0 Å². The first kappa shape index (κ1) is 18.5. The number of fused-ring (bicyclic) bond motifs is 3. The molecule has 0 aliphatic heterocycles. The third-order valence-corrected chi connectivity index (χ3v) is 4.75. The van der Waals surface area contributed by atoms with E-state index < -0.39 is 4.92 Å². The van der Waals surface area contributed by atoms with Crippen molar-refractivity contribution >= 4 is 39.0 Å². The van der Waals surface area contributed by atoms with E-state index in [1.165, 1.54) is 6.07 Å². The van der Waals surface area contributed by atoms with Gasteiger partial charge in [0.25, 0.3) is 5.69 Å². The third kappa shape index (κ3) is 3.89.